The molecule has 5 fully saturated rings. The van der Waals surface area contributed by atoms with Crippen molar-refractivity contribution in [3.05, 3.63) is 35.4 Å². The van der Waals surface area contributed by atoms with E-state index in [4.69, 9.17) is 9.47 Å². The lowest BCUT2D eigenvalue weighted by atomic mass is 9.43. The number of fused-ring (bicyclic) bond motifs is 7. The quantitative estimate of drug-likeness (QED) is 0.193. The van der Waals surface area contributed by atoms with Crippen molar-refractivity contribution in [1.29, 1.82) is 0 Å². The summed E-state index contributed by atoms with van der Waals surface area (Å²) < 4.78 is 13.1. The van der Waals surface area contributed by atoms with Gasteiger partial charge in [0.05, 0.1) is 30.0 Å². The second-order valence-electron chi connectivity index (χ2n) is 17.6. The van der Waals surface area contributed by atoms with Gasteiger partial charge in [0.1, 0.15) is 22.7 Å². The molecule has 1 saturated heterocycles. The summed E-state index contributed by atoms with van der Waals surface area (Å²) in [7, 11) is 0. The summed E-state index contributed by atoms with van der Waals surface area (Å²) in [6.07, 6.45) is 1.96. The Morgan fingerprint density at radius 1 is 0.961 bits per heavy atom. The van der Waals surface area contributed by atoms with Crippen molar-refractivity contribution in [2.24, 2.45) is 40.4 Å². The van der Waals surface area contributed by atoms with Crippen LogP contribution in [0.4, 0.5) is 0 Å². The van der Waals surface area contributed by atoms with E-state index in [2.05, 4.69) is 6.92 Å². The molecule has 1 heterocycles. The fourth-order valence-electron chi connectivity index (χ4n) is 12.7. The number of carbonyl (C=O) groups is 1. The van der Waals surface area contributed by atoms with Gasteiger partial charge in [-0.05, 0) is 84.6 Å². The molecule has 5 aliphatic carbocycles. The van der Waals surface area contributed by atoms with E-state index in [1.165, 1.54) is 18.2 Å². The van der Waals surface area contributed by atoms with Gasteiger partial charge in [-0.1, -0.05) is 40.5 Å². The zero-order valence-corrected chi connectivity index (χ0v) is 30.4. The third kappa shape index (κ3) is 5.09. The molecule has 284 valence electrons. The molecule has 0 bridgehead atoms. The first-order valence-corrected chi connectivity index (χ1v) is 19.1. The SMILES string of the molecule is C[C@H]1[C@H](C)CCC[C@]2(O[C@H]3C[C@@]4(O)C5=CC(=O)[C@@H]6[C@H](c7cc(O)cc(O)c7)[C@@H](O)[C@@H](OCCCO)C[C@]6(C)[C@H]5CC[C@]4(C)[C@H]3[C@]2(O)CCO)[C@H]1O. The Labute approximate surface area is 300 Å². The Morgan fingerprint density at radius 2 is 1.67 bits per heavy atom. The summed E-state index contributed by atoms with van der Waals surface area (Å²) in [6, 6.07) is 4.11. The summed E-state index contributed by atoms with van der Waals surface area (Å²) in [4.78, 5) is 14.6. The third-order valence-corrected chi connectivity index (χ3v) is 15.3. The number of hydrogen-bond donors (Lipinski definition) is 8. The minimum absolute atomic E-state index is 0.0115. The Hall–Kier alpha value is -2.09. The maximum atomic E-state index is 14.6. The van der Waals surface area contributed by atoms with Crippen LogP contribution in [-0.2, 0) is 14.3 Å². The van der Waals surface area contributed by atoms with Crippen LogP contribution in [0.15, 0.2) is 29.8 Å². The van der Waals surface area contributed by atoms with Crippen molar-refractivity contribution < 1.29 is 55.1 Å². The van der Waals surface area contributed by atoms with Gasteiger partial charge >= 0.3 is 0 Å². The molecule has 4 saturated carbocycles. The van der Waals surface area contributed by atoms with Crippen LogP contribution in [0.3, 0.4) is 0 Å². The lowest BCUT2D eigenvalue weighted by molar-refractivity contribution is -0.233. The molecule has 8 N–H and O–H groups in total. The maximum Gasteiger partial charge on any atom is 0.160 e. The molecule has 0 amide bonds. The van der Waals surface area contributed by atoms with Crippen LogP contribution in [0.5, 0.6) is 11.5 Å². The van der Waals surface area contributed by atoms with Gasteiger partial charge in [0.2, 0.25) is 0 Å². The number of aliphatic hydroxyl groups excluding tert-OH is 4. The number of carbonyl (C=O) groups excluding carboxylic acids is 1. The third-order valence-electron chi connectivity index (χ3n) is 15.3. The number of aromatic hydroxyl groups is 2. The Balaban J connectivity index is 1.31. The van der Waals surface area contributed by atoms with Crippen molar-refractivity contribution in [2.45, 2.75) is 133 Å². The molecule has 51 heavy (non-hydrogen) atoms. The molecule has 1 aromatic rings. The average Bonchev–Trinajstić information content (AvgIpc) is 3.40. The molecule has 15 atom stereocenters. The normalized spacial score (nSPS) is 49.1. The molecular formula is C40H58O11. The first kappa shape index (κ1) is 37.2. The van der Waals surface area contributed by atoms with E-state index in [0.717, 1.165) is 12.8 Å². The minimum Gasteiger partial charge on any atom is -0.508 e. The van der Waals surface area contributed by atoms with Crippen molar-refractivity contribution in [2.75, 3.05) is 19.8 Å². The molecule has 0 radical (unpaired) electrons. The number of allylic oxidation sites excluding steroid dienone is 1. The lowest BCUT2D eigenvalue weighted by Gasteiger charge is -2.62. The van der Waals surface area contributed by atoms with Crippen LogP contribution in [-0.4, -0.2) is 108 Å². The van der Waals surface area contributed by atoms with Crippen LogP contribution in [0.2, 0.25) is 0 Å². The van der Waals surface area contributed by atoms with E-state index in [1.807, 2.05) is 20.8 Å². The highest BCUT2D eigenvalue weighted by atomic mass is 16.6. The molecule has 1 spiro atoms. The van der Waals surface area contributed by atoms with E-state index < -0.39 is 69.8 Å². The zero-order valence-electron chi connectivity index (χ0n) is 30.4. The van der Waals surface area contributed by atoms with Crippen LogP contribution in [0.25, 0.3) is 0 Å². The first-order valence-electron chi connectivity index (χ1n) is 19.1. The van der Waals surface area contributed by atoms with Gasteiger partial charge in [-0.25, -0.2) is 0 Å². The number of aliphatic hydroxyl groups is 6. The Kier molecular flexibility index (Phi) is 9.31. The molecule has 11 heteroatoms. The monoisotopic (exact) mass is 714 g/mol. The number of phenolic OH excluding ortho intramolecular Hbond substituents is 2. The maximum absolute atomic E-state index is 14.6. The predicted octanol–water partition coefficient (Wildman–Crippen LogP) is 3.08. The number of hydrogen-bond acceptors (Lipinski definition) is 11. The van der Waals surface area contributed by atoms with Crippen LogP contribution >= 0.6 is 0 Å². The second-order valence-corrected chi connectivity index (χ2v) is 17.6. The van der Waals surface area contributed by atoms with Crippen LogP contribution < -0.4 is 0 Å². The molecular weight excluding hydrogens is 656 g/mol. The highest BCUT2D eigenvalue weighted by Gasteiger charge is 2.80. The van der Waals surface area contributed by atoms with E-state index in [-0.39, 0.29) is 67.7 Å². The average molecular weight is 715 g/mol. The number of ether oxygens (including phenoxy) is 2. The van der Waals surface area contributed by atoms with Gasteiger partial charge in [-0.2, -0.15) is 0 Å². The first-order chi connectivity index (χ1) is 24.0. The number of phenols is 2. The molecule has 0 unspecified atom stereocenters. The summed E-state index contributed by atoms with van der Waals surface area (Å²) in [5, 5.41) is 90.6. The summed E-state index contributed by atoms with van der Waals surface area (Å²) in [5.41, 5.74) is -5.27. The van der Waals surface area contributed by atoms with Crippen LogP contribution in [0, 0.1) is 40.4 Å². The van der Waals surface area contributed by atoms with Crippen molar-refractivity contribution in [1.82, 2.24) is 0 Å². The minimum atomic E-state index is -1.63. The standard InChI is InChI=1S/C40H58O11/c1-21-7-5-9-40(35(47)22(21)2)38(48,11-13-42)34-30(51-40)20-39(49)27-18-28(45)32-31(23-15-24(43)17-25(44)16-23)33(46)29(50-14-6-12-41)19-36(32,3)26(27)8-10-37(34,39)4/h15-18,21-22,26,29-35,41-44,46-49H,5-14,19-20H2,1-4H3/t21-,22+,26+,29+,30+,31+,32-,33+,34+,35+,36-,37-,38-,39-,40+/m1/s1. The smallest absolute Gasteiger partial charge is 0.160 e. The van der Waals surface area contributed by atoms with Gasteiger partial charge in [-0.15, -0.1) is 0 Å². The number of ketones is 1. The second kappa shape index (κ2) is 12.8. The topological polar surface area (TPSA) is 197 Å². The predicted molar refractivity (Wildman–Crippen MR) is 186 cm³/mol. The molecule has 1 aromatic carbocycles. The fourth-order valence-corrected chi connectivity index (χ4v) is 12.7. The van der Waals surface area contributed by atoms with E-state index in [0.29, 0.717) is 43.2 Å². The molecule has 7 rings (SSSR count). The molecule has 11 nitrogen and oxygen atoms in total. The van der Waals surface area contributed by atoms with E-state index in [9.17, 15) is 45.6 Å². The van der Waals surface area contributed by atoms with Gasteiger partial charge in [0.15, 0.2) is 5.78 Å². The highest BCUT2D eigenvalue weighted by Crippen LogP contribution is 2.73. The van der Waals surface area contributed by atoms with Crippen molar-refractivity contribution in [3.63, 3.8) is 0 Å². The molecule has 1 aliphatic heterocycles. The summed E-state index contributed by atoms with van der Waals surface area (Å²) in [5.74, 6) is -3.13. The zero-order chi connectivity index (χ0) is 36.9. The molecule has 6 aliphatic rings. The molecule has 0 aromatic heterocycles. The summed E-state index contributed by atoms with van der Waals surface area (Å²) >= 11 is 0. The number of rotatable bonds is 7. The Bertz CT molecular complexity index is 1530. The lowest BCUT2D eigenvalue weighted by Crippen LogP contribution is -2.68. The fraction of sp³-hybridized carbons (Fsp3) is 0.775. The van der Waals surface area contributed by atoms with Gasteiger partial charge in [0.25, 0.3) is 0 Å². The van der Waals surface area contributed by atoms with Crippen molar-refractivity contribution >= 4 is 5.78 Å². The summed E-state index contributed by atoms with van der Waals surface area (Å²) in [6.45, 7) is 7.87. The van der Waals surface area contributed by atoms with Gasteiger partial charge in [-0.3, -0.25) is 4.79 Å². The van der Waals surface area contributed by atoms with Gasteiger partial charge < -0.3 is 50.3 Å². The van der Waals surface area contributed by atoms with E-state index in [1.54, 1.807) is 6.08 Å². The van der Waals surface area contributed by atoms with Crippen molar-refractivity contribution in [3.8, 4) is 11.5 Å². The van der Waals surface area contributed by atoms with Gasteiger partial charge in [0, 0.05) is 61.9 Å². The van der Waals surface area contributed by atoms with E-state index >= 15 is 0 Å². The van der Waals surface area contributed by atoms with Crippen LogP contribution in [0.1, 0.15) is 97.0 Å². The Morgan fingerprint density at radius 3 is 2.33 bits per heavy atom. The largest absolute Gasteiger partial charge is 0.508 e. The highest BCUT2D eigenvalue weighted by molar-refractivity contribution is 5.96. The number of benzene rings is 1.